The summed E-state index contributed by atoms with van der Waals surface area (Å²) in [6, 6.07) is 11.3. The Morgan fingerprint density at radius 1 is 1.16 bits per heavy atom. The molecule has 0 amide bonds. The molecule has 1 aliphatic heterocycles. The van der Waals surface area contributed by atoms with Crippen LogP contribution in [0.25, 0.3) is 22.6 Å². The molecule has 1 aliphatic rings. The zero-order valence-corrected chi connectivity index (χ0v) is 20.6. The minimum Gasteiger partial charge on any atom is -0.461 e. The Hall–Kier alpha value is -4.48. The number of ether oxygens (including phenoxy) is 3. The average Bonchev–Trinajstić information content (AvgIpc) is 3.39. The van der Waals surface area contributed by atoms with Crippen LogP contribution in [0.4, 0.5) is 16.0 Å². The molecule has 0 unspecified atom stereocenters. The second kappa shape index (κ2) is 10.9. The number of halogens is 1. The molecule has 0 spiro atoms. The van der Waals surface area contributed by atoms with E-state index in [1.54, 1.807) is 55.8 Å². The van der Waals surface area contributed by atoms with Gasteiger partial charge in [-0.25, -0.2) is 19.3 Å². The molecule has 38 heavy (non-hydrogen) atoms. The van der Waals surface area contributed by atoms with E-state index in [-0.39, 0.29) is 25.6 Å². The van der Waals surface area contributed by atoms with Gasteiger partial charge in [-0.05, 0) is 49.4 Å². The number of nitrogens with one attached hydrogen (secondary N) is 2. The largest absolute Gasteiger partial charge is 0.461 e. The molecule has 0 saturated carbocycles. The maximum atomic E-state index is 13.7. The van der Waals surface area contributed by atoms with Gasteiger partial charge in [-0.2, -0.15) is 0 Å². The second-order valence-electron chi connectivity index (χ2n) is 8.88. The van der Waals surface area contributed by atoms with Gasteiger partial charge in [0.15, 0.2) is 5.82 Å². The fourth-order valence-electron chi connectivity index (χ4n) is 3.82. The Morgan fingerprint density at radius 3 is 2.61 bits per heavy atom. The molecule has 0 radical (unpaired) electrons. The molecule has 0 atom stereocenters. The van der Waals surface area contributed by atoms with Crippen molar-refractivity contribution in [3.05, 3.63) is 85.4 Å². The zero-order valence-electron chi connectivity index (χ0n) is 20.6. The van der Waals surface area contributed by atoms with Crippen LogP contribution >= 0.6 is 0 Å². The van der Waals surface area contributed by atoms with Crippen LogP contribution in [-0.2, 0) is 19.0 Å². The topological polar surface area (TPSA) is 124 Å². The number of esters is 1. The minimum absolute atomic E-state index is 0.0725. The summed E-state index contributed by atoms with van der Waals surface area (Å²) < 4.78 is 30.6. The average molecular weight is 517 g/mol. The number of hydrogen-bond acceptors (Lipinski definition) is 9. The zero-order chi connectivity index (χ0) is 26.5. The van der Waals surface area contributed by atoms with Crippen LogP contribution < -0.4 is 5.32 Å². The molecule has 4 heterocycles. The van der Waals surface area contributed by atoms with E-state index in [2.05, 4.69) is 31.8 Å². The van der Waals surface area contributed by atoms with Crippen LogP contribution in [0.15, 0.2) is 73.7 Å². The minimum atomic E-state index is -0.963. The van der Waals surface area contributed by atoms with E-state index in [9.17, 15) is 9.18 Å². The summed E-state index contributed by atoms with van der Waals surface area (Å²) in [5.41, 5.74) is 2.12. The van der Waals surface area contributed by atoms with E-state index in [1.807, 2.05) is 0 Å². The number of aromatic nitrogens is 5. The highest BCUT2D eigenvalue weighted by atomic mass is 19.1. The second-order valence-corrected chi connectivity index (χ2v) is 8.88. The Kier molecular flexibility index (Phi) is 7.20. The summed E-state index contributed by atoms with van der Waals surface area (Å²) in [6.45, 7) is 5.52. The Bertz CT molecular complexity index is 1420. The molecule has 10 nitrogen and oxygen atoms in total. The van der Waals surface area contributed by atoms with Gasteiger partial charge in [0.1, 0.15) is 17.8 Å². The number of imidazole rings is 1. The molecule has 0 aliphatic carbocycles. The number of benzene rings is 1. The van der Waals surface area contributed by atoms with Gasteiger partial charge < -0.3 is 24.5 Å². The highest BCUT2D eigenvalue weighted by molar-refractivity contribution is 5.78. The molecule has 0 bridgehead atoms. The standard InChI is InChI=1S/C27H25FN6O4/c1-3-14-36-25(35)27(2)15-37-24(38-16-27)23-33-21(17-4-6-18(28)7-5-17)22(34-23)20-10-13-30-26(32-20)31-19-8-11-29-12-9-19/h3-13,24H,1,14-16H2,2H3,(H,33,34)(H,29,30,31,32). The first-order valence-electron chi connectivity index (χ1n) is 11.8. The predicted octanol–water partition coefficient (Wildman–Crippen LogP) is 4.59. The normalized spacial score (nSPS) is 19.1. The summed E-state index contributed by atoms with van der Waals surface area (Å²) >= 11 is 0. The third-order valence-corrected chi connectivity index (χ3v) is 5.84. The van der Waals surface area contributed by atoms with Gasteiger partial charge in [-0.15, -0.1) is 0 Å². The van der Waals surface area contributed by atoms with E-state index < -0.39 is 17.7 Å². The number of pyridine rings is 1. The number of nitrogens with zero attached hydrogens (tertiary/aromatic N) is 4. The van der Waals surface area contributed by atoms with Crippen LogP contribution in [0.2, 0.25) is 0 Å². The lowest BCUT2D eigenvalue weighted by molar-refractivity contribution is -0.238. The molecule has 2 N–H and O–H groups in total. The number of carbonyl (C=O) groups excluding carboxylic acids is 1. The quantitative estimate of drug-likeness (QED) is 0.255. The van der Waals surface area contributed by atoms with Crippen LogP contribution in [0.1, 0.15) is 19.0 Å². The van der Waals surface area contributed by atoms with Crippen LogP contribution in [0.5, 0.6) is 0 Å². The highest BCUT2D eigenvalue weighted by Crippen LogP contribution is 2.36. The summed E-state index contributed by atoms with van der Waals surface area (Å²) in [6.07, 6.45) is 5.58. The summed E-state index contributed by atoms with van der Waals surface area (Å²) in [4.78, 5) is 33.3. The molecular weight excluding hydrogens is 491 g/mol. The number of H-pyrrole nitrogens is 1. The third-order valence-electron chi connectivity index (χ3n) is 5.84. The summed E-state index contributed by atoms with van der Waals surface area (Å²) in [5.74, 6) is -0.0475. The molecular formula is C27H25FN6O4. The van der Waals surface area contributed by atoms with Crippen molar-refractivity contribution in [2.24, 2.45) is 5.41 Å². The maximum Gasteiger partial charge on any atom is 0.316 e. The maximum absolute atomic E-state index is 13.7. The van der Waals surface area contributed by atoms with Crippen LogP contribution in [0.3, 0.4) is 0 Å². The van der Waals surface area contributed by atoms with E-state index in [0.29, 0.717) is 34.4 Å². The van der Waals surface area contributed by atoms with Crippen molar-refractivity contribution < 1.29 is 23.4 Å². The van der Waals surface area contributed by atoms with Gasteiger partial charge in [0.25, 0.3) is 0 Å². The fourth-order valence-corrected chi connectivity index (χ4v) is 3.82. The third kappa shape index (κ3) is 5.43. The first-order valence-corrected chi connectivity index (χ1v) is 11.8. The smallest absolute Gasteiger partial charge is 0.316 e. The van der Waals surface area contributed by atoms with Gasteiger partial charge in [0.2, 0.25) is 12.2 Å². The number of aromatic amines is 1. The van der Waals surface area contributed by atoms with Crippen LogP contribution in [-0.4, -0.2) is 50.7 Å². The first kappa shape index (κ1) is 25.2. The monoisotopic (exact) mass is 516 g/mol. The van der Waals surface area contributed by atoms with Crippen molar-refractivity contribution in [1.29, 1.82) is 0 Å². The molecule has 1 saturated heterocycles. The SMILES string of the molecule is C=CCOC(=O)C1(C)COC(c2nc(-c3ccc(F)cc3)c(-c3ccnc(Nc4ccncc4)n3)[nH]2)OC1. The van der Waals surface area contributed by atoms with Crippen LogP contribution in [0, 0.1) is 11.2 Å². The molecule has 194 valence electrons. The van der Waals surface area contributed by atoms with Crippen molar-refractivity contribution in [2.75, 3.05) is 25.1 Å². The lowest BCUT2D eigenvalue weighted by Crippen LogP contribution is -2.43. The predicted molar refractivity (Wildman–Crippen MR) is 136 cm³/mol. The molecule has 5 rings (SSSR count). The van der Waals surface area contributed by atoms with Gasteiger partial charge in [0.05, 0.1) is 30.3 Å². The van der Waals surface area contributed by atoms with Gasteiger partial charge in [-0.1, -0.05) is 12.7 Å². The molecule has 11 heteroatoms. The summed E-state index contributed by atoms with van der Waals surface area (Å²) in [5, 5.41) is 3.14. The first-order chi connectivity index (χ1) is 18.4. The lowest BCUT2D eigenvalue weighted by Gasteiger charge is -2.34. The molecule has 1 aromatic carbocycles. The van der Waals surface area contributed by atoms with Gasteiger partial charge in [0, 0.05) is 29.8 Å². The van der Waals surface area contributed by atoms with Crippen molar-refractivity contribution in [1.82, 2.24) is 24.9 Å². The van der Waals surface area contributed by atoms with Gasteiger partial charge >= 0.3 is 5.97 Å². The Morgan fingerprint density at radius 2 is 1.89 bits per heavy atom. The summed E-state index contributed by atoms with van der Waals surface area (Å²) in [7, 11) is 0. The lowest BCUT2D eigenvalue weighted by atomic mass is 9.92. The highest BCUT2D eigenvalue weighted by Gasteiger charge is 2.42. The van der Waals surface area contributed by atoms with Gasteiger partial charge in [-0.3, -0.25) is 9.78 Å². The van der Waals surface area contributed by atoms with Crippen molar-refractivity contribution in [3.8, 4) is 22.6 Å². The van der Waals surface area contributed by atoms with E-state index in [4.69, 9.17) is 19.2 Å². The van der Waals surface area contributed by atoms with Crippen molar-refractivity contribution >= 4 is 17.6 Å². The number of anilines is 2. The van der Waals surface area contributed by atoms with E-state index >= 15 is 0 Å². The van der Waals surface area contributed by atoms with Crippen molar-refractivity contribution in [3.63, 3.8) is 0 Å². The number of carbonyl (C=O) groups is 1. The molecule has 3 aromatic heterocycles. The number of hydrogen-bond donors (Lipinski definition) is 2. The Balaban J connectivity index is 1.44. The fraction of sp³-hybridized carbons (Fsp3) is 0.222. The van der Waals surface area contributed by atoms with E-state index in [0.717, 1.165) is 5.69 Å². The number of rotatable bonds is 8. The molecule has 1 fully saturated rings. The molecule has 4 aromatic rings. The van der Waals surface area contributed by atoms with E-state index in [1.165, 1.54) is 18.2 Å². The Labute approximate surface area is 217 Å². The van der Waals surface area contributed by atoms with Crippen molar-refractivity contribution in [2.45, 2.75) is 13.2 Å².